The van der Waals surface area contributed by atoms with Crippen LogP contribution in [0.25, 0.3) is 0 Å². The van der Waals surface area contributed by atoms with Gasteiger partial charge >= 0.3 is 0 Å². The van der Waals surface area contributed by atoms with Crippen LogP contribution in [0.5, 0.6) is 0 Å². The molecule has 1 unspecified atom stereocenters. The van der Waals surface area contributed by atoms with Crippen LogP contribution >= 0.6 is 0 Å². The SMILES string of the molecule is CN(C)C(=O)c1cccc(C(=O)N(C)C(CCO)c2ccccc2)c1. The molecule has 25 heavy (non-hydrogen) atoms. The lowest BCUT2D eigenvalue weighted by Gasteiger charge is -2.28. The minimum Gasteiger partial charge on any atom is -0.396 e. The van der Waals surface area contributed by atoms with E-state index in [0.29, 0.717) is 17.5 Å². The number of nitrogens with zero attached hydrogens (tertiary/aromatic N) is 2. The van der Waals surface area contributed by atoms with Crippen LogP contribution in [0.4, 0.5) is 0 Å². The molecule has 0 fully saturated rings. The quantitative estimate of drug-likeness (QED) is 0.879. The van der Waals surface area contributed by atoms with Gasteiger partial charge in [0.05, 0.1) is 6.04 Å². The summed E-state index contributed by atoms with van der Waals surface area (Å²) in [5, 5.41) is 9.39. The smallest absolute Gasteiger partial charge is 0.254 e. The van der Waals surface area contributed by atoms with E-state index < -0.39 is 0 Å². The molecule has 0 radical (unpaired) electrons. The fourth-order valence-electron chi connectivity index (χ4n) is 2.77. The van der Waals surface area contributed by atoms with Gasteiger partial charge in [0.25, 0.3) is 11.8 Å². The van der Waals surface area contributed by atoms with E-state index >= 15 is 0 Å². The van der Waals surface area contributed by atoms with Crippen molar-refractivity contribution in [3.05, 3.63) is 71.3 Å². The van der Waals surface area contributed by atoms with Crippen LogP contribution in [0, 0.1) is 0 Å². The molecule has 0 aliphatic heterocycles. The van der Waals surface area contributed by atoms with Gasteiger partial charge in [-0.2, -0.15) is 0 Å². The molecule has 1 N–H and O–H groups in total. The first-order valence-electron chi connectivity index (χ1n) is 8.20. The maximum Gasteiger partial charge on any atom is 0.254 e. The van der Waals surface area contributed by atoms with Gasteiger partial charge < -0.3 is 14.9 Å². The van der Waals surface area contributed by atoms with Crippen molar-refractivity contribution >= 4 is 11.8 Å². The van der Waals surface area contributed by atoms with Crippen molar-refractivity contribution in [3.63, 3.8) is 0 Å². The van der Waals surface area contributed by atoms with Gasteiger partial charge in [0, 0.05) is 38.9 Å². The molecule has 1 atom stereocenters. The molecule has 0 aliphatic carbocycles. The predicted molar refractivity (Wildman–Crippen MR) is 97.4 cm³/mol. The third kappa shape index (κ3) is 4.45. The molecule has 2 aromatic carbocycles. The van der Waals surface area contributed by atoms with Gasteiger partial charge in [-0.1, -0.05) is 36.4 Å². The number of aliphatic hydroxyl groups excluding tert-OH is 1. The molecule has 0 aliphatic rings. The average molecular weight is 340 g/mol. The summed E-state index contributed by atoms with van der Waals surface area (Å²) in [6.07, 6.45) is 0.447. The number of rotatable bonds is 6. The van der Waals surface area contributed by atoms with E-state index in [2.05, 4.69) is 0 Å². The molecule has 0 heterocycles. The highest BCUT2D eigenvalue weighted by molar-refractivity contribution is 5.99. The summed E-state index contributed by atoms with van der Waals surface area (Å²) in [6, 6.07) is 16.1. The van der Waals surface area contributed by atoms with E-state index in [9.17, 15) is 14.7 Å². The van der Waals surface area contributed by atoms with Crippen LogP contribution in [0.2, 0.25) is 0 Å². The zero-order valence-corrected chi connectivity index (χ0v) is 14.8. The third-order valence-electron chi connectivity index (χ3n) is 4.14. The molecule has 2 aromatic rings. The number of amides is 2. The third-order valence-corrected chi connectivity index (χ3v) is 4.14. The number of hydrogen-bond acceptors (Lipinski definition) is 3. The lowest BCUT2D eigenvalue weighted by molar-refractivity contribution is 0.0705. The second-order valence-corrected chi connectivity index (χ2v) is 6.14. The van der Waals surface area contributed by atoms with E-state index in [1.54, 1.807) is 50.3 Å². The van der Waals surface area contributed by atoms with Crippen LogP contribution in [0.3, 0.4) is 0 Å². The summed E-state index contributed by atoms with van der Waals surface area (Å²) in [6.45, 7) is -0.0175. The highest BCUT2D eigenvalue weighted by atomic mass is 16.3. The Morgan fingerprint density at radius 1 is 0.920 bits per heavy atom. The Labute approximate surface area is 148 Å². The Morgan fingerprint density at radius 3 is 2.08 bits per heavy atom. The maximum absolute atomic E-state index is 12.9. The topological polar surface area (TPSA) is 60.9 Å². The lowest BCUT2D eigenvalue weighted by atomic mass is 10.0. The Bertz CT molecular complexity index is 729. The number of carbonyl (C=O) groups excluding carboxylic acids is 2. The molecular formula is C20H24N2O3. The van der Waals surface area contributed by atoms with Gasteiger partial charge in [0.2, 0.25) is 0 Å². The summed E-state index contributed by atoms with van der Waals surface area (Å²) >= 11 is 0. The minimum atomic E-state index is -0.230. The van der Waals surface area contributed by atoms with Crippen molar-refractivity contribution in [2.45, 2.75) is 12.5 Å². The molecule has 0 bridgehead atoms. The molecule has 0 spiro atoms. The maximum atomic E-state index is 12.9. The highest BCUT2D eigenvalue weighted by Crippen LogP contribution is 2.24. The normalized spacial score (nSPS) is 11.7. The van der Waals surface area contributed by atoms with Crippen molar-refractivity contribution in [1.29, 1.82) is 0 Å². The number of benzene rings is 2. The summed E-state index contributed by atoms with van der Waals surface area (Å²) in [5.41, 5.74) is 1.89. The molecule has 132 valence electrons. The monoisotopic (exact) mass is 340 g/mol. The molecule has 5 nitrogen and oxygen atoms in total. The first-order chi connectivity index (χ1) is 12.0. The van der Waals surface area contributed by atoms with Gasteiger partial charge in [-0.25, -0.2) is 0 Å². The highest BCUT2D eigenvalue weighted by Gasteiger charge is 2.23. The zero-order valence-electron chi connectivity index (χ0n) is 14.8. The molecule has 0 saturated carbocycles. The molecule has 2 rings (SSSR count). The Kier molecular flexibility index (Phi) is 6.31. The molecule has 0 aromatic heterocycles. The van der Waals surface area contributed by atoms with E-state index in [0.717, 1.165) is 5.56 Å². The summed E-state index contributed by atoms with van der Waals surface area (Å²) in [5.74, 6) is -0.331. The van der Waals surface area contributed by atoms with Crippen LogP contribution in [0.15, 0.2) is 54.6 Å². The number of hydrogen-bond donors (Lipinski definition) is 1. The summed E-state index contributed by atoms with van der Waals surface area (Å²) in [7, 11) is 5.07. The van der Waals surface area contributed by atoms with Gasteiger partial charge in [-0.3, -0.25) is 9.59 Å². The van der Waals surface area contributed by atoms with Crippen molar-refractivity contribution in [1.82, 2.24) is 9.80 Å². The molecular weight excluding hydrogens is 316 g/mol. The molecule has 0 saturated heterocycles. The van der Waals surface area contributed by atoms with Crippen LogP contribution < -0.4 is 0 Å². The summed E-state index contributed by atoms with van der Waals surface area (Å²) < 4.78 is 0. The van der Waals surface area contributed by atoms with Crippen molar-refractivity contribution in [2.75, 3.05) is 27.7 Å². The van der Waals surface area contributed by atoms with Crippen LogP contribution in [-0.4, -0.2) is 54.5 Å². The average Bonchev–Trinajstić information content (AvgIpc) is 2.65. The van der Waals surface area contributed by atoms with E-state index in [1.807, 2.05) is 30.3 Å². The van der Waals surface area contributed by atoms with Gasteiger partial charge in [-0.15, -0.1) is 0 Å². The number of carbonyl (C=O) groups is 2. The van der Waals surface area contributed by atoms with Gasteiger partial charge in [0.15, 0.2) is 0 Å². The largest absolute Gasteiger partial charge is 0.396 e. The van der Waals surface area contributed by atoms with E-state index in [1.165, 1.54) is 4.90 Å². The first kappa shape index (κ1) is 18.7. The fraction of sp³-hybridized carbons (Fsp3) is 0.300. The fourth-order valence-corrected chi connectivity index (χ4v) is 2.77. The molecule has 2 amide bonds. The van der Waals surface area contributed by atoms with Crippen LogP contribution in [-0.2, 0) is 0 Å². The van der Waals surface area contributed by atoms with E-state index in [4.69, 9.17) is 0 Å². The van der Waals surface area contributed by atoms with Gasteiger partial charge in [-0.05, 0) is 30.2 Å². The number of aliphatic hydroxyl groups is 1. The van der Waals surface area contributed by atoms with Crippen molar-refractivity contribution in [3.8, 4) is 0 Å². The standard InChI is InChI=1S/C20H24N2O3/c1-21(2)19(24)16-10-7-11-17(14-16)20(25)22(3)18(12-13-23)15-8-5-4-6-9-15/h4-11,14,18,23H,12-13H2,1-3H3. The Hall–Kier alpha value is -2.66. The second-order valence-electron chi connectivity index (χ2n) is 6.14. The van der Waals surface area contributed by atoms with Crippen molar-refractivity contribution in [2.24, 2.45) is 0 Å². The minimum absolute atomic E-state index is 0.0175. The zero-order chi connectivity index (χ0) is 18.4. The second kappa shape index (κ2) is 8.44. The Balaban J connectivity index is 2.29. The predicted octanol–water partition coefficient (Wildman–Crippen LogP) is 2.58. The molecule has 5 heteroatoms. The van der Waals surface area contributed by atoms with Crippen molar-refractivity contribution < 1.29 is 14.7 Å². The van der Waals surface area contributed by atoms with Gasteiger partial charge in [0.1, 0.15) is 0 Å². The van der Waals surface area contributed by atoms with E-state index in [-0.39, 0.29) is 24.5 Å². The van der Waals surface area contributed by atoms with Crippen LogP contribution in [0.1, 0.15) is 38.7 Å². The first-order valence-corrected chi connectivity index (χ1v) is 8.20. The lowest BCUT2D eigenvalue weighted by Crippen LogP contribution is -2.32. The Morgan fingerprint density at radius 2 is 1.52 bits per heavy atom. The summed E-state index contributed by atoms with van der Waals surface area (Å²) in [4.78, 5) is 28.1.